The molecule has 0 spiro atoms. The largest absolute Gasteiger partial charge is 0.494 e. The molecule has 6 nitrogen and oxygen atoms in total. The lowest BCUT2D eigenvalue weighted by atomic mass is 10.1. The maximum Gasteiger partial charge on any atom is 0.307 e. The van der Waals surface area contributed by atoms with Crippen molar-refractivity contribution in [2.75, 3.05) is 6.61 Å². The van der Waals surface area contributed by atoms with Crippen LogP contribution in [0.15, 0.2) is 24.3 Å². The van der Waals surface area contributed by atoms with Gasteiger partial charge in [-0.25, -0.2) is 0 Å². The second kappa shape index (κ2) is 11.5. The number of hydrogen-bond donors (Lipinski definition) is 1. The van der Waals surface area contributed by atoms with Crippen molar-refractivity contribution in [1.29, 1.82) is 0 Å². The molecule has 1 atom stereocenters. The molecule has 1 N–H and O–H groups in total. The van der Waals surface area contributed by atoms with Crippen LogP contribution in [0.4, 0.5) is 0 Å². The van der Waals surface area contributed by atoms with Crippen molar-refractivity contribution in [3.8, 4) is 5.75 Å². The maximum atomic E-state index is 12.2. The minimum atomic E-state index is -0.897. The van der Waals surface area contributed by atoms with Crippen LogP contribution in [0.2, 0.25) is 0 Å². The van der Waals surface area contributed by atoms with Crippen LogP contribution < -0.4 is 10.1 Å². The quantitative estimate of drug-likeness (QED) is 0.349. The number of nitrogens with one attached hydrogen (secondary N) is 1. The van der Waals surface area contributed by atoms with Crippen LogP contribution in [0.25, 0.3) is 0 Å². The van der Waals surface area contributed by atoms with E-state index in [9.17, 15) is 14.4 Å². The van der Waals surface area contributed by atoms with Gasteiger partial charge in [-0.3, -0.25) is 14.4 Å². The maximum absolute atomic E-state index is 12.2. The van der Waals surface area contributed by atoms with Gasteiger partial charge in [0.1, 0.15) is 5.75 Å². The average Bonchev–Trinajstić information content (AvgIpc) is 2.62. The second-order valence-electron chi connectivity index (χ2n) is 7.87. The first-order chi connectivity index (χ1) is 13.1. The van der Waals surface area contributed by atoms with Crippen LogP contribution in [0.1, 0.15) is 77.1 Å². The first-order valence-electron chi connectivity index (χ1n) is 9.90. The Labute approximate surface area is 168 Å². The normalized spacial score (nSPS) is 12.2. The van der Waals surface area contributed by atoms with E-state index in [1.54, 1.807) is 24.3 Å². The Balaban J connectivity index is 2.40. The Morgan fingerprint density at radius 3 is 2.25 bits per heavy atom. The number of carbonyl (C=O) groups is 3. The zero-order valence-electron chi connectivity index (χ0n) is 17.7. The molecule has 1 aromatic rings. The molecule has 6 heteroatoms. The van der Waals surface area contributed by atoms with Gasteiger partial charge < -0.3 is 14.8 Å². The lowest BCUT2D eigenvalue weighted by molar-refractivity contribution is -0.155. The van der Waals surface area contributed by atoms with Gasteiger partial charge in [0, 0.05) is 17.5 Å². The van der Waals surface area contributed by atoms with Crippen LogP contribution in [0, 0.1) is 0 Å². The highest BCUT2D eigenvalue weighted by atomic mass is 16.5. The van der Waals surface area contributed by atoms with E-state index >= 15 is 0 Å². The molecule has 0 heterocycles. The molecule has 0 saturated heterocycles. The van der Waals surface area contributed by atoms with Gasteiger partial charge in [0.15, 0.2) is 11.9 Å². The lowest BCUT2D eigenvalue weighted by Gasteiger charge is -2.23. The minimum absolute atomic E-state index is 0.0309. The number of ketones is 1. The van der Waals surface area contributed by atoms with Gasteiger partial charge in [-0.2, -0.15) is 0 Å². The summed E-state index contributed by atoms with van der Waals surface area (Å²) < 4.78 is 10.7. The van der Waals surface area contributed by atoms with Crippen molar-refractivity contribution in [3.63, 3.8) is 0 Å². The van der Waals surface area contributed by atoms with Crippen LogP contribution in [0.3, 0.4) is 0 Å². The standard InChI is InChI=1S/C22H33NO5/c1-6-7-8-15-27-18-11-9-17(10-12-18)19(24)13-14-20(25)28-16(2)21(26)23-22(3,4)5/h9-12,16H,6-8,13-15H2,1-5H3,(H,23,26). The van der Waals surface area contributed by atoms with E-state index in [1.165, 1.54) is 6.92 Å². The Morgan fingerprint density at radius 1 is 1.04 bits per heavy atom. The third-order valence-electron chi connectivity index (χ3n) is 3.92. The molecule has 1 rings (SSSR count). The van der Waals surface area contributed by atoms with Crippen molar-refractivity contribution in [3.05, 3.63) is 29.8 Å². The van der Waals surface area contributed by atoms with E-state index in [0.717, 1.165) is 25.0 Å². The first kappa shape index (κ1) is 23.7. The summed E-state index contributed by atoms with van der Waals surface area (Å²) in [5.41, 5.74) is 0.117. The fourth-order valence-corrected chi connectivity index (χ4v) is 2.42. The molecular weight excluding hydrogens is 358 g/mol. The number of ether oxygens (including phenoxy) is 2. The van der Waals surface area contributed by atoms with Crippen molar-refractivity contribution in [1.82, 2.24) is 5.32 Å². The summed E-state index contributed by atoms with van der Waals surface area (Å²) >= 11 is 0. The number of amides is 1. The third-order valence-corrected chi connectivity index (χ3v) is 3.92. The van der Waals surface area contributed by atoms with Crippen LogP contribution >= 0.6 is 0 Å². The zero-order valence-corrected chi connectivity index (χ0v) is 17.7. The lowest BCUT2D eigenvalue weighted by Crippen LogP contribution is -2.46. The number of esters is 1. The molecule has 0 aliphatic carbocycles. The Hall–Kier alpha value is -2.37. The highest BCUT2D eigenvalue weighted by molar-refractivity contribution is 5.97. The summed E-state index contributed by atoms with van der Waals surface area (Å²) in [6, 6.07) is 6.91. The van der Waals surface area contributed by atoms with E-state index in [-0.39, 0.29) is 24.5 Å². The number of hydrogen-bond acceptors (Lipinski definition) is 5. The molecule has 0 radical (unpaired) electrons. The molecule has 0 saturated carbocycles. The molecule has 1 aromatic carbocycles. The van der Waals surface area contributed by atoms with E-state index in [2.05, 4.69) is 12.2 Å². The summed E-state index contributed by atoms with van der Waals surface area (Å²) in [5, 5.41) is 2.75. The highest BCUT2D eigenvalue weighted by Crippen LogP contribution is 2.15. The van der Waals surface area contributed by atoms with Gasteiger partial charge in [0.25, 0.3) is 5.91 Å². The highest BCUT2D eigenvalue weighted by Gasteiger charge is 2.22. The molecule has 0 fully saturated rings. The average molecular weight is 392 g/mol. The molecule has 28 heavy (non-hydrogen) atoms. The van der Waals surface area contributed by atoms with Crippen LogP contribution in [0.5, 0.6) is 5.75 Å². The molecular formula is C22H33NO5. The molecule has 1 unspecified atom stereocenters. The fourth-order valence-electron chi connectivity index (χ4n) is 2.42. The van der Waals surface area contributed by atoms with Crippen molar-refractivity contribution < 1.29 is 23.9 Å². The van der Waals surface area contributed by atoms with E-state index in [4.69, 9.17) is 9.47 Å². The van der Waals surface area contributed by atoms with Gasteiger partial charge in [-0.05, 0) is 58.4 Å². The van der Waals surface area contributed by atoms with Gasteiger partial charge in [-0.1, -0.05) is 19.8 Å². The van der Waals surface area contributed by atoms with E-state index in [0.29, 0.717) is 12.2 Å². The van der Waals surface area contributed by atoms with Crippen LogP contribution in [-0.2, 0) is 14.3 Å². The van der Waals surface area contributed by atoms with Crippen molar-refractivity contribution in [2.24, 2.45) is 0 Å². The van der Waals surface area contributed by atoms with E-state index in [1.807, 2.05) is 20.8 Å². The Morgan fingerprint density at radius 2 is 1.68 bits per heavy atom. The molecule has 0 aliphatic heterocycles. The molecule has 0 bridgehead atoms. The Kier molecular flexibility index (Phi) is 9.69. The summed E-state index contributed by atoms with van der Waals surface area (Å²) in [4.78, 5) is 36.1. The molecule has 0 aromatic heterocycles. The SMILES string of the molecule is CCCCCOc1ccc(C(=O)CCC(=O)OC(C)C(=O)NC(C)(C)C)cc1. The van der Waals surface area contributed by atoms with Gasteiger partial charge in [0.05, 0.1) is 13.0 Å². The number of unbranched alkanes of at least 4 members (excludes halogenated alkanes) is 2. The summed E-state index contributed by atoms with van der Waals surface area (Å²) in [6.45, 7) is 9.85. The fraction of sp³-hybridized carbons (Fsp3) is 0.591. The molecule has 0 aliphatic rings. The van der Waals surface area contributed by atoms with Gasteiger partial charge in [0.2, 0.25) is 0 Å². The van der Waals surface area contributed by atoms with Gasteiger partial charge >= 0.3 is 5.97 Å². The summed E-state index contributed by atoms with van der Waals surface area (Å²) in [7, 11) is 0. The Bertz CT molecular complexity index is 646. The number of benzene rings is 1. The zero-order chi connectivity index (χ0) is 21.2. The first-order valence-corrected chi connectivity index (χ1v) is 9.90. The molecule has 156 valence electrons. The topological polar surface area (TPSA) is 81.7 Å². The van der Waals surface area contributed by atoms with Crippen molar-refractivity contribution in [2.45, 2.75) is 78.4 Å². The van der Waals surface area contributed by atoms with E-state index < -0.39 is 17.6 Å². The van der Waals surface area contributed by atoms with Crippen molar-refractivity contribution >= 4 is 17.7 Å². The summed E-state index contributed by atoms with van der Waals surface area (Å²) in [5.74, 6) is -0.352. The predicted octanol–water partition coefficient (Wildman–Crippen LogP) is 4.06. The minimum Gasteiger partial charge on any atom is -0.494 e. The third kappa shape index (κ3) is 9.53. The van der Waals surface area contributed by atoms with Gasteiger partial charge in [-0.15, -0.1) is 0 Å². The smallest absolute Gasteiger partial charge is 0.307 e. The molecule has 1 amide bonds. The van der Waals surface area contributed by atoms with Crippen LogP contribution in [-0.4, -0.2) is 35.9 Å². The monoisotopic (exact) mass is 391 g/mol. The number of Topliss-reactive ketones (excluding diaryl/α,β-unsaturated/α-hetero) is 1. The number of rotatable bonds is 11. The second-order valence-corrected chi connectivity index (χ2v) is 7.87. The summed E-state index contributed by atoms with van der Waals surface area (Å²) in [6.07, 6.45) is 2.34. The number of carbonyl (C=O) groups excluding carboxylic acids is 3. The predicted molar refractivity (Wildman–Crippen MR) is 108 cm³/mol.